The molecule has 180 valence electrons. The quantitative estimate of drug-likeness (QED) is 0.365. The third kappa shape index (κ3) is 5.27. The number of carbonyl (C=O) groups is 2. The molecule has 0 unspecified atom stereocenters. The highest BCUT2D eigenvalue weighted by Crippen LogP contribution is 2.32. The molecule has 4 rings (SSSR count). The van der Waals surface area contributed by atoms with E-state index in [1.54, 1.807) is 18.3 Å². The fourth-order valence-electron chi connectivity index (χ4n) is 3.76. The first-order valence-corrected chi connectivity index (χ1v) is 11.3. The highest BCUT2D eigenvalue weighted by Gasteiger charge is 2.23. The summed E-state index contributed by atoms with van der Waals surface area (Å²) in [6, 6.07) is 21.5. The van der Waals surface area contributed by atoms with E-state index >= 15 is 0 Å². The number of carbonyl (C=O) groups excluding carboxylic acids is 2. The van der Waals surface area contributed by atoms with E-state index in [0.29, 0.717) is 18.1 Å². The second-order valence-electron chi connectivity index (χ2n) is 8.64. The number of hydrogen-bond acceptors (Lipinski definition) is 5. The van der Waals surface area contributed by atoms with E-state index in [1.165, 1.54) is 15.8 Å². The fraction of sp³-hybridized carbons (Fsp3) is 0.222. The minimum absolute atomic E-state index is 0.00537. The van der Waals surface area contributed by atoms with Gasteiger partial charge in [-0.05, 0) is 42.3 Å². The van der Waals surface area contributed by atoms with E-state index in [1.807, 2.05) is 37.3 Å². The van der Waals surface area contributed by atoms with Crippen LogP contribution in [0.25, 0.3) is 0 Å². The molecule has 4 aromatic rings. The average molecular weight is 473 g/mol. The largest absolute Gasteiger partial charge is 0.486 e. The maximum atomic E-state index is 12.6. The maximum Gasteiger partial charge on any atom is 0.291 e. The van der Waals surface area contributed by atoms with Crippen LogP contribution >= 0.6 is 0 Å². The zero-order valence-electron chi connectivity index (χ0n) is 19.9. The molecule has 2 heterocycles. The molecule has 2 amide bonds. The molecule has 0 atom stereocenters. The van der Waals surface area contributed by atoms with Crippen molar-refractivity contribution in [1.82, 2.24) is 9.78 Å². The smallest absolute Gasteiger partial charge is 0.291 e. The summed E-state index contributed by atoms with van der Waals surface area (Å²) in [5, 5.41) is 6.68. The predicted molar refractivity (Wildman–Crippen MR) is 132 cm³/mol. The maximum absolute atomic E-state index is 12.6. The van der Waals surface area contributed by atoms with Crippen molar-refractivity contribution in [2.24, 2.45) is 5.73 Å². The van der Waals surface area contributed by atoms with Gasteiger partial charge in [-0.2, -0.15) is 5.10 Å². The summed E-state index contributed by atoms with van der Waals surface area (Å²) in [5.41, 5.74) is 7.86. The number of primary amides is 1. The molecule has 35 heavy (non-hydrogen) atoms. The van der Waals surface area contributed by atoms with Crippen molar-refractivity contribution in [1.29, 1.82) is 0 Å². The Balaban J connectivity index is 1.38. The van der Waals surface area contributed by atoms with Gasteiger partial charge in [0, 0.05) is 18.2 Å². The molecular formula is C27H28N4O4. The van der Waals surface area contributed by atoms with Crippen LogP contribution in [0.15, 0.2) is 77.3 Å². The summed E-state index contributed by atoms with van der Waals surface area (Å²) >= 11 is 0. The molecule has 3 N–H and O–H groups in total. The van der Waals surface area contributed by atoms with E-state index in [0.717, 1.165) is 0 Å². The summed E-state index contributed by atoms with van der Waals surface area (Å²) in [6.07, 6.45) is 1.55. The summed E-state index contributed by atoms with van der Waals surface area (Å²) < 4.78 is 13.0. The van der Waals surface area contributed by atoms with Gasteiger partial charge >= 0.3 is 0 Å². The van der Waals surface area contributed by atoms with Crippen LogP contribution in [0.1, 0.15) is 58.7 Å². The number of anilines is 1. The van der Waals surface area contributed by atoms with E-state index in [9.17, 15) is 9.59 Å². The number of nitrogens with one attached hydrogen (secondary N) is 1. The second kappa shape index (κ2) is 9.89. The number of benzene rings is 2. The third-order valence-corrected chi connectivity index (χ3v) is 5.91. The van der Waals surface area contributed by atoms with Crippen molar-refractivity contribution in [3.63, 3.8) is 0 Å². The minimum Gasteiger partial charge on any atom is -0.486 e. The van der Waals surface area contributed by atoms with Gasteiger partial charge in [-0.25, -0.2) is 0 Å². The number of nitrogens with two attached hydrogens (primary N) is 1. The van der Waals surface area contributed by atoms with Gasteiger partial charge in [0.25, 0.3) is 11.8 Å². The van der Waals surface area contributed by atoms with Crippen molar-refractivity contribution < 1.29 is 18.7 Å². The molecule has 0 aliphatic heterocycles. The van der Waals surface area contributed by atoms with Crippen LogP contribution in [0.5, 0.6) is 5.75 Å². The molecule has 2 aromatic carbocycles. The Morgan fingerprint density at radius 2 is 1.71 bits per heavy atom. The monoisotopic (exact) mass is 472 g/mol. The van der Waals surface area contributed by atoms with Crippen LogP contribution < -0.4 is 15.8 Å². The average Bonchev–Trinajstić information content (AvgIpc) is 3.51. The summed E-state index contributed by atoms with van der Waals surface area (Å²) in [6.45, 7) is 6.93. The molecule has 8 heteroatoms. The van der Waals surface area contributed by atoms with Gasteiger partial charge in [0.15, 0.2) is 11.5 Å². The molecule has 0 spiro atoms. The van der Waals surface area contributed by atoms with Crippen molar-refractivity contribution in [3.05, 3.63) is 101 Å². The number of aryl methyl sites for hydroxylation is 1. The van der Waals surface area contributed by atoms with Gasteiger partial charge in [0.05, 0.1) is 5.69 Å². The van der Waals surface area contributed by atoms with Crippen LogP contribution in [0.2, 0.25) is 0 Å². The Bertz CT molecular complexity index is 1320. The van der Waals surface area contributed by atoms with E-state index in [2.05, 4.69) is 48.5 Å². The molecule has 0 saturated heterocycles. The lowest BCUT2D eigenvalue weighted by molar-refractivity contribution is 0.0992. The second-order valence-corrected chi connectivity index (χ2v) is 8.64. The Morgan fingerprint density at radius 1 is 1.03 bits per heavy atom. The van der Waals surface area contributed by atoms with E-state index in [4.69, 9.17) is 14.9 Å². The lowest BCUT2D eigenvalue weighted by Gasteiger charge is -2.26. The normalized spacial score (nSPS) is 11.3. The zero-order chi connectivity index (χ0) is 25.0. The number of amides is 2. The number of hydrogen-bond donors (Lipinski definition) is 2. The summed E-state index contributed by atoms with van der Waals surface area (Å²) in [5.74, 6) is 0.0330. The third-order valence-electron chi connectivity index (χ3n) is 5.91. The lowest BCUT2D eigenvalue weighted by Crippen LogP contribution is -2.18. The first kappa shape index (κ1) is 23.8. The van der Waals surface area contributed by atoms with E-state index in [-0.39, 0.29) is 29.2 Å². The van der Waals surface area contributed by atoms with Gasteiger partial charge in [-0.3, -0.25) is 14.3 Å². The van der Waals surface area contributed by atoms with Gasteiger partial charge in [-0.1, -0.05) is 56.3 Å². The topological polar surface area (TPSA) is 112 Å². The van der Waals surface area contributed by atoms with Gasteiger partial charge in [-0.15, -0.1) is 0 Å². The zero-order valence-corrected chi connectivity index (χ0v) is 19.9. The predicted octanol–water partition coefficient (Wildman–Crippen LogP) is 4.75. The van der Waals surface area contributed by atoms with Crippen LogP contribution in [-0.4, -0.2) is 21.6 Å². The van der Waals surface area contributed by atoms with Gasteiger partial charge < -0.3 is 20.2 Å². The van der Waals surface area contributed by atoms with Gasteiger partial charge in [0.1, 0.15) is 18.1 Å². The molecule has 0 aliphatic rings. The number of nitrogens with zero attached hydrogens (tertiary/aromatic N) is 2. The Hall–Kier alpha value is -4.33. The van der Waals surface area contributed by atoms with E-state index < -0.39 is 11.8 Å². The van der Waals surface area contributed by atoms with Gasteiger partial charge in [0.2, 0.25) is 0 Å². The first-order valence-electron chi connectivity index (χ1n) is 11.3. The van der Waals surface area contributed by atoms with Crippen molar-refractivity contribution in [2.75, 3.05) is 5.32 Å². The van der Waals surface area contributed by atoms with Crippen LogP contribution in [0, 0.1) is 0 Å². The number of furan rings is 1. The SMILES string of the molecule is CCn1cc(NC(=O)c2ccc(COc3ccc(C(C)(C)c4ccccc4)cc3)o2)c(C(N)=O)n1. The van der Waals surface area contributed by atoms with Crippen molar-refractivity contribution in [3.8, 4) is 5.75 Å². The summed E-state index contributed by atoms with van der Waals surface area (Å²) in [4.78, 5) is 24.2. The molecule has 0 bridgehead atoms. The standard InChI is InChI=1S/C27H28N4O4/c1-4-31-16-22(24(30-31)25(28)32)29-26(33)23-15-14-21(35-23)17-34-20-12-10-19(11-13-20)27(2,3)18-8-6-5-7-9-18/h5-16H,4,17H2,1-3H3,(H2,28,32)(H,29,33). The fourth-order valence-corrected chi connectivity index (χ4v) is 3.76. The summed E-state index contributed by atoms with van der Waals surface area (Å²) in [7, 11) is 0. The molecular weight excluding hydrogens is 444 g/mol. The number of rotatable bonds is 9. The molecule has 0 saturated carbocycles. The number of aromatic nitrogens is 2. The number of ether oxygens (including phenoxy) is 1. The first-order chi connectivity index (χ1) is 16.8. The van der Waals surface area contributed by atoms with Crippen LogP contribution in [0.3, 0.4) is 0 Å². The molecule has 0 aliphatic carbocycles. The molecule has 0 fully saturated rings. The molecule has 0 radical (unpaired) electrons. The van der Waals surface area contributed by atoms with Crippen molar-refractivity contribution in [2.45, 2.75) is 39.3 Å². The van der Waals surface area contributed by atoms with Crippen LogP contribution in [0.4, 0.5) is 5.69 Å². The Morgan fingerprint density at radius 3 is 2.37 bits per heavy atom. The lowest BCUT2D eigenvalue weighted by atomic mass is 9.78. The molecule has 8 nitrogen and oxygen atoms in total. The highest BCUT2D eigenvalue weighted by atomic mass is 16.5. The van der Waals surface area contributed by atoms with Crippen molar-refractivity contribution >= 4 is 17.5 Å². The minimum atomic E-state index is -0.723. The molecule has 2 aromatic heterocycles. The Labute approximate surface area is 203 Å². The Kier molecular flexibility index (Phi) is 6.73. The van der Waals surface area contributed by atoms with Crippen LogP contribution in [-0.2, 0) is 18.6 Å². The highest BCUT2D eigenvalue weighted by molar-refractivity contribution is 6.06.